The molecule has 0 unspecified atom stereocenters. The molecule has 1 aromatic carbocycles. The number of aromatic nitrogens is 3. The third-order valence-corrected chi connectivity index (χ3v) is 5.02. The van der Waals surface area contributed by atoms with Gasteiger partial charge in [0.2, 0.25) is 5.91 Å². The second-order valence-electron chi connectivity index (χ2n) is 5.44. The van der Waals surface area contributed by atoms with E-state index in [0.29, 0.717) is 15.6 Å². The van der Waals surface area contributed by atoms with Crippen molar-refractivity contribution in [2.75, 3.05) is 13.1 Å². The molecule has 0 saturated carbocycles. The molecule has 0 atom stereocenters. The molecule has 27 heavy (non-hydrogen) atoms. The first kappa shape index (κ1) is 19.4. The molecule has 0 radical (unpaired) electrons. The fourth-order valence-corrected chi connectivity index (χ4v) is 3.60. The van der Waals surface area contributed by atoms with Gasteiger partial charge in [0.25, 0.3) is 11.1 Å². The van der Waals surface area contributed by atoms with E-state index in [1.54, 1.807) is 24.3 Å². The van der Waals surface area contributed by atoms with E-state index < -0.39 is 11.1 Å². The van der Waals surface area contributed by atoms with Crippen molar-refractivity contribution >= 4 is 58.1 Å². The average Bonchev–Trinajstić information content (AvgIpc) is 3.20. The number of halogens is 2. The fourth-order valence-electron chi connectivity index (χ4n) is 2.28. The molecule has 2 aromatic rings. The van der Waals surface area contributed by atoms with Crippen LogP contribution in [0.1, 0.15) is 5.56 Å². The minimum absolute atomic E-state index is 0.0108. The molecule has 1 N–H and O–H groups in total. The van der Waals surface area contributed by atoms with Gasteiger partial charge in [-0.15, -0.1) is 0 Å². The molecule has 0 spiro atoms. The quantitative estimate of drug-likeness (QED) is 0.713. The molecular formula is C16H13Cl2N5O3S. The Morgan fingerprint density at radius 2 is 2.11 bits per heavy atom. The van der Waals surface area contributed by atoms with Crippen molar-refractivity contribution in [1.29, 1.82) is 0 Å². The Labute approximate surface area is 168 Å². The van der Waals surface area contributed by atoms with Gasteiger partial charge >= 0.3 is 0 Å². The smallest absolute Gasteiger partial charge is 0.293 e. The van der Waals surface area contributed by atoms with Crippen molar-refractivity contribution in [1.82, 2.24) is 25.0 Å². The predicted molar refractivity (Wildman–Crippen MR) is 102 cm³/mol. The van der Waals surface area contributed by atoms with Gasteiger partial charge < -0.3 is 5.32 Å². The molecule has 1 aromatic heterocycles. The van der Waals surface area contributed by atoms with Crippen molar-refractivity contribution < 1.29 is 14.4 Å². The molecule has 1 saturated heterocycles. The minimum Gasteiger partial charge on any atom is -0.353 e. The van der Waals surface area contributed by atoms with Gasteiger partial charge in [-0.1, -0.05) is 29.3 Å². The number of hydrogen-bond acceptors (Lipinski definition) is 6. The lowest BCUT2D eigenvalue weighted by atomic mass is 10.2. The second-order valence-corrected chi connectivity index (χ2v) is 7.28. The highest BCUT2D eigenvalue weighted by atomic mass is 35.5. The van der Waals surface area contributed by atoms with E-state index in [9.17, 15) is 14.4 Å². The van der Waals surface area contributed by atoms with Crippen molar-refractivity contribution in [3.8, 4) is 0 Å². The lowest BCUT2D eigenvalue weighted by molar-refractivity contribution is -0.124. The zero-order valence-electron chi connectivity index (χ0n) is 13.8. The van der Waals surface area contributed by atoms with Gasteiger partial charge in [-0.2, -0.15) is 5.10 Å². The molecule has 3 rings (SSSR count). The van der Waals surface area contributed by atoms with Crippen LogP contribution in [0.5, 0.6) is 0 Å². The molecule has 1 aliphatic heterocycles. The Kier molecular flexibility index (Phi) is 6.15. The highest BCUT2D eigenvalue weighted by Crippen LogP contribution is 2.33. The van der Waals surface area contributed by atoms with Crippen LogP contribution in [0.2, 0.25) is 10.0 Å². The number of thioether (sulfide) groups is 1. The Hall–Kier alpha value is -2.36. The average molecular weight is 426 g/mol. The standard InChI is InChI=1S/C16H13Cl2N5O3S/c17-11-2-1-10(12(18)6-11)5-13-15(25)23(16(26)27-13)4-3-20-14(24)7-22-9-19-8-21-22/h1-2,5-6,8-9H,3-4,7H2,(H,20,24)/b13-5-. The van der Waals surface area contributed by atoms with Gasteiger partial charge in [0.05, 0.1) is 4.91 Å². The molecule has 0 bridgehead atoms. The van der Waals surface area contributed by atoms with Gasteiger partial charge in [-0.05, 0) is 35.5 Å². The van der Waals surface area contributed by atoms with Crippen molar-refractivity contribution in [3.63, 3.8) is 0 Å². The van der Waals surface area contributed by atoms with E-state index in [0.717, 1.165) is 16.7 Å². The van der Waals surface area contributed by atoms with Crippen LogP contribution in [0, 0.1) is 0 Å². The third-order valence-electron chi connectivity index (χ3n) is 3.55. The van der Waals surface area contributed by atoms with Gasteiger partial charge in [0.15, 0.2) is 0 Å². The van der Waals surface area contributed by atoms with Gasteiger partial charge in [0.1, 0.15) is 19.2 Å². The molecular weight excluding hydrogens is 413 g/mol. The molecule has 2 heterocycles. The number of rotatable bonds is 6. The van der Waals surface area contributed by atoms with Crippen LogP contribution in [-0.4, -0.2) is 49.8 Å². The monoisotopic (exact) mass is 425 g/mol. The van der Waals surface area contributed by atoms with Crippen molar-refractivity contribution in [2.45, 2.75) is 6.54 Å². The highest BCUT2D eigenvalue weighted by Gasteiger charge is 2.34. The van der Waals surface area contributed by atoms with Crippen LogP contribution in [0.3, 0.4) is 0 Å². The molecule has 8 nitrogen and oxygen atoms in total. The summed E-state index contributed by atoms with van der Waals surface area (Å²) in [4.78, 5) is 41.4. The van der Waals surface area contributed by atoms with Crippen molar-refractivity contribution in [2.24, 2.45) is 0 Å². The maximum Gasteiger partial charge on any atom is 0.293 e. The molecule has 1 aliphatic rings. The minimum atomic E-state index is -0.429. The van der Waals surface area contributed by atoms with Crippen LogP contribution >= 0.6 is 35.0 Å². The maximum absolute atomic E-state index is 12.4. The van der Waals surface area contributed by atoms with E-state index in [-0.39, 0.29) is 30.4 Å². The number of carbonyl (C=O) groups is 3. The number of nitrogens with zero attached hydrogens (tertiary/aromatic N) is 4. The summed E-state index contributed by atoms with van der Waals surface area (Å²) in [7, 11) is 0. The third kappa shape index (κ3) is 4.88. The topological polar surface area (TPSA) is 97.2 Å². The van der Waals surface area contributed by atoms with E-state index in [2.05, 4.69) is 15.4 Å². The first-order valence-electron chi connectivity index (χ1n) is 7.73. The summed E-state index contributed by atoms with van der Waals surface area (Å²) in [5.41, 5.74) is 0.590. The Morgan fingerprint density at radius 3 is 2.81 bits per heavy atom. The zero-order valence-corrected chi connectivity index (χ0v) is 16.1. The van der Waals surface area contributed by atoms with E-state index in [1.807, 2.05) is 0 Å². The Bertz CT molecular complexity index is 917. The normalized spacial score (nSPS) is 15.6. The van der Waals surface area contributed by atoms with E-state index >= 15 is 0 Å². The summed E-state index contributed by atoms with van der Waals surface area (Å²) in [5.74, 6) is -0.725. The Morgan fingerprint density at radius 1 is 1.30 bits per heavy atom. The summed E-state index contributed by atoms with van der Waals surface area (Å²) >= 11 is 12.8. The van der Waals surface area contributed by atoms with Crippen molar-refractivity contribution in [3.05, 3.63) is 51.4 Å². The van der Waals surface area contributed by atoms with Crippen LogP contribution in [0.4, 0.5) is 4.79 Å². The first-order valence-corrected chi connectivity index (χ1v) is 9.31. The lowest BCUT2D eigenvalue weighted by Crippen LogP contribution is -2.38. The zero-order chi connectivity index (χ0) is 19.4. The summed E-state index contributed by atoms with van der Waals surface area (Å²) in [6.45, 7) is 0.219. The molecule has 11 heteroatoms. The van der Waals surface area contributed by atoms with Crippen LogP contribution in [0.15, 0.2) is 35.8 Å². The fraction of sp³-hybridized carbons (Fsp3) is 0.188. The summed E-state index contributed by atoms with van der Waals surface area (Å²) in [6.07, 6.45) is 4.29. The largest absolute Gasteiger partial charge is 0.353 e. The van der Waals surface area contributed by atoms with Gasteiger partial charge in [-0.3, -0.25) is 19.3 Å². The molecule has 0 aliphatic carbocycles. The molecule has 1 fully saturated rings. The SMILES string of the molecule is O=C(Cn1cncn1)NCCN1C(=O)S/C(=C\c2ccc(Cl)cc2Cl)C1=O. The Balaban J connectivity index is 1.57. The summed E-state index contributed by atoms with van der Waals surface area (Å²) in [5, 5.41) is 6.92. The predicted octanol–water partition coefficient (Wildman–Crippen LogP) is 2.44. The number of imide groups is 1. The maximum atomic E-state index is 12.4. The highest BCUT2D eigenvalue weighted by molar-refractivity contribution is 8.18. The second kappa shape index (κ2) is 8.55. The number of nitrogens with one attached hydrogen (secondary N) is 1. The number of amides is 3. The number of carbonyl (C=O) groups excluding carboxylic acids is 3. The summed E-state index contributed by atoms with van der Waals surface area (Å²) in [6, 6.07) is 4.88. The number of hydrogen-bond donors (Lipinski definition) is 1. The van der Waals surface area contributed by atoms with E-state index in [1.165, 1.54) is 17.3 Å². The summed E-state index contributed by atoms with van der Waals surface area (Å²) < 4.78 is 1.37. The van der Waals surface area contributed by atoms with E-state index in [4.69, 9.17) is 23.2 Å². The van der Waals surface area contributed by atoms with Crippen LogP contribution in [-0.2, 0) is 16.1 Å². The molecule has 3 amide bonds. The first-order chi connectivity index (χ1) is 12.9. The lowest BCUT2D eigenvalue weighted by Gasteiger charge is -2.13. The number of benzene rings is 1. The van der Waals surface area contributed by atoms with Gasteiger partial charge in [-0.25, -0.2) is 9.67 Å². The van der Waals surface area contributed by atoms with Crippen LogP contribution in [0.25, 0.3) is 6.08 Å². The van der Waals surface area contributed by atoms with Gasteiger partial charge in [0, 0.05) is 23.1 Å². The van der Waals surface area contributed by atoms with Crippen LogP contribution < -0.4 is 5.32 Å². The molecule has 140 valence electrons.